The van der Waals surface area contributed by atoms with Crippen LogP contribution in [0.2, 0.25) is 0 Å². The molecule has 3 N–H and O–H groups in total. The van der Waals surface area contributed by atoms with E-state index in [0.29, 0.717) is 13.1 Å². The van der Waals surface area contributed by atoms with Gasteiger partial charge in [-0.15, -0.1) is 0 Å². The molecule has 2 aliphatic heterocycles. The standard InChI is InChI=1S/C23H25N3O3/c27-23(24-9-5-16-14-26-20-4-2-1-3-17(16)20)25-10-6-19-18-8-12-28-21(18)13-15-7-11-29-22(15)19/h1-4,13-14,26H,5-12H2,(H2,24,25,27). The van der Waals surface area contributed by atoms with Crippen LogP contribution in [-0.2, 0) is 25.7 Å². The molecule has 0 fully saturated rings. The number of carbonyl (C=O) groups excluding carboxylic acids is 1. The van der Waals surface area contributed by atoms with Crippen molar-refractivity contribution < 1.29 is 14.3 Å². The molecule has 0 radical (unpaired) electrons. The molecule has 5 rings (SSSR count). The highest BCUT2D eigenvalue weighted by atomic mass is 16.5. The number of fused-ring (bicyclic) bond motifs is 3. The second-order valence-corrected chi connectivity index (χ2v) is 7.56. The minimum Gasteiger partial charge on any atom is -0.493 e. The van der Waals surface area contributed by atoms with Crippen LogP contribution in [0.25, 0.3) is 10.9 Å². The van der Waals surface area contributed by atoms with Gasteiger partial charge < -0.3 is 25.1 Å². The van der Waals surface area contributed by atoms with Crippen LogP contribution in [0.4, 0.5) is 4.79 Å². The lowest BCUT2D eigenvalue weighted by Gasteiger charge is -2.13. The molecule has 0 saturated carbocycles. The lowest BCUT2D eigenvalue weighted by Crippen LogP contribution is -2.37. The van der Waals surface area contributed by atoms with Gasteiger partial charge in [0, 0.05) is 59.7 Å². The third kappa shape index (κ3) is 3.50. The third-order valence-electron chi connectivity index (χ3n) is 5.78. The van der Waals surface area contributed by atoms with Gasteiger partial charge in [0.05, 0.1) is 13.2 Å². The van der Waals surface area contributed by atoms with Gasteiger partial charge in [-0.2, -0.15) is 0 Å². The molecule has 6 nitrogen and oxygen atoms in total. The van der Waals surface area contributed by atoms with E-state index in [-0.39, 0.29) is 6.03 Å². The molecule has 2 aromatic carbocycles. The van der Waals surface area contributed by atoms with Crippen molar-refractivity contribution in [2.24, 2.45) is 0 Å². The number of nitrogens with one attached hydrogen (secondary N) is 3. The predicted octanol–water partition coefficient (Wildman–Crippen LogP) is 3.12. The van der Waals surface area contributed by atoms with Crippen LogP contribution in [0.3, 0.4) is 0 Å². The minimum absolute atomic E-state index is 0.133. The Morgan fingerprint density at radius 2 is 1.86 bits per heavy atom. The van der Waals surface area contributed by atoms with Crippen molar-refractivity contribution in [1.29, 1.82) is 0 Å². The molecule has 0 bridgehead atoms. The number of hydrogen-bond acceptors (Lipinski definition) is 3. The van der Waals surface area contributed by atoms with Crippen molar-refractivity contribution in [3.63, 3.8) is 0 Å². The fourth-order valence-corrected chi connectivity index (χ4v) is 4.36. The highest BCUT2D eigenvalue weighted by molar-refractivity contribution is 5.83. The summed E-state index contributed by atoms with van der Waals surface area (Å²) >= 11 is 0. The number of ether oxygens (including phenoxy) is 2. The third-order valence-corrected chi connectivity index (χ3v) is 5.78. The van der Waals surface area contributed by atoms with E-state index < -0.39 is 0 Å². The number of urea groups is 1. The number of amides is 2. The average Bonchev–Trinajstić information content (AvgIpc) is 3.47. The zero-order valence-corrected chi connectivity index (χ0v) is 16.3. The molecular formula is C23H25N3O3. The summed E-state index contributed by atoms with van der Waals surface area (Å²) < 4.78 is 11.6. The molecule has 2 amide bonds. The molecule has 29 heavy (non-hydrogen) atoms. The molecule has 0 atom stereocenters. The van der Waals surface area contributed by atoms with Gasteiger partial charge in [-0.05, 0) is 30.5 Å². The normalized spacial score (nSPS) is 14.2. The number of para-hydroxylation sites is 1. The first-order valence-electron chi connectivity index (χ1n) is 10.3. The van der Waals surface area contributed by atoms with Gasteiger partial charge in [0.2, 0.25) is 0 Å². The zero-order valence-electron chi connectivity index (χ0n) is 16.3. The maximum atomic E-state index is 12.2. The molecule has 3 aromatic rings. The van der Waals surface area contributed by atoms with Crippen LogP contribution in [0.5, 0.6) is 11.5 Å². The summed E-state index contributed by atoms with van der Waals surface area (Å²) in [4.78, 5) is 15.5. The fourth-order valence-electron chi connectivity index (χ4n) is 4.36. The lowest BCUT2D eigenvalue weighted by atomic mass is 9.97. The zero-order chi connectivity index (χ0) is 19.6. The van der Waals surface area contributed by atoms with Gasteiger partial charge in [0.15, 0.2) is 0 Å². The van der Waals surface area contributed by atoms with Gasteiger partial charge >= 0.3 is 6.03 Å². The first-order valence-corrected chi connectivity index (χ1v) is 10.3. The molecule has 3 heterocycles. The van der Waals surface area contributed by atoms with E-state index in [9.17, 15) is 4.79 Å². The Morgan fingerprint density at radius 1 is 1.03 bits per heavy atom. The maximum Gasteiger partial charge on any atom is 0.314 e. The molecule has 1 aromatic heterocycles. The van der Waals surface area contributed by atoms with E-state index in [0.717, 1.165) is 55.9 Å². The highest BCUT2D eigenvalue weighted by Gasteiger charge is 2.26. The fraction of sp³-hybridized carbons (Fsp3) is 0.348. The summed E-state index contributed by atoms with van der Waals surface area (Å²) in [6, 6.07) is 10.2. The Kier molecular flexibility index (Phi) is 4.76. The van der Waals surface area contributed by atoms with Gasteiger partial charge in [-0.3, -0.25) is 0 Å². The first-order chi connectivity index (χ1) is 14.3. The van der Waals surface area contributed by atoms with E-state index in [1.54, 1.807) is 0 Å². The van der Waals surface area contributed by atoms with E-state index in [4.69, 9.17) is 9.47 Å². The smallest absolute Gasteiger partial charge is 0.314 e. The summed E-state index contributed by atoms with van der Waals surface area (Å²) in [7, 11) is 0. The number of hydrogen-bond donors (Lipinski definition) is 3. The molecular weight excluding hydrogens is 366 g/mol. The highest BCUT2D eigenvalue weighted by Crippen LogP contribution is 2.40. The largest absolute Gasteiger partial charge is 0.493 e. The Bertz CT molecular complexity index is 1020. The predicted molar refractivity (Wildman–Crippen MR) is 112 cm³/mol. The van der Waals surface area contributed by atoms with Crippen molar-refractivity contribution in [2.75, 3.05) is 26.3 Å². The van der Waals surface area contributed by atoms with E-state index in [1.807, 2.05) is 18.3 Å². The summed E-state index contributed by atoms with van der Waals surface area (Å²) in [5.74, 6) is 2.00. The van der Waals surface area contributed by atoms with Gasteiger partial charge in [0.25, 0.3) is 0 Å². The molecule has 0 unspecified atom stereocenters. The summed E-state index contributed by atoms with van der Waals surface area (Å²) in [6.07, 6.45) is 5.41. The second kappa shape index (κ2) is 7.70. The van der Waals surface area contributed by atoms with E-state index in [2.05, 4.69) is 33.8 Å². The van der Waals surface area contributed by atoms with Crippen molar-refractivity contribution in [2.45, 2.75) is 25.7 Å². The van der Waals surface area contributed by atoms with Crippen LogP contribution >= 0.6 is 0 Å². The number of carbonyl (C=O) groups is 1. The lowest BCUT2D eigenvalue weighted by molar-refractivity contribution is 0.241. The summed E-state index contributed by atoms with van der Waals surface area (Å²) in [5, 5.41) is 7.15. The Hall–Kier alpha value is -3.15. The quantitative estimate of drug-likeness (QED) is 0.604. The Balaban J connectivity index is 1.14. The Morgan fingerprint density at radius 3 is 2.79 bits per heavy atom. The van der Waals surface area contributed by atoms with Crippen LogP contribution in [0.15, 0.2) is 36.5 Å². The van der Waals surface area contributed by atoms with Crippen LogP contribution in [0, 0.1) is 0 Å². The number of aromatic amines is 1. The molecule has 0 spiro atoms. The van der Waals surface area contributed by atoms with Crippen molar-refractivity contribution in [1.82, 2.24) is 15.6 Å². The summed E-state index contributed by atoms with van der Waals surface area (Å²) in [6.45, 7) is 2.63. The van der Waals surface area contributed by atoms with Crippen molar-refractivity contribution in [3.05, 3.63) is 58.8 Å². The first kappa shape index (κ1) is 17.9. The SMILES string of the molecule is O=C(NCCc1c2c(cc3c1OCC3)OCC2)NCCc1c[nH]c2ccccc12. The Labute approximate surface area is 169 Å². The second-order valence-electron chi connectivity index (χ2n) is 7.56. The van der Waals surface area contributed by atoms with Crippen molar-refractivity contribution >= 4 is 16.9 Å². The van der Waals surface area contributed by atoms with Gasteiger partial charge in [0.1, 0.15) is 11.5 Å². The number of rotatable bonds is 6. The average molecular weight is 391 g/mol. The van der Waals surface area contributed by atoms with Crippen LogP contribution in [-0.4, -0.2) is 37.3 Å². The molecule has 2 aliphatic rings. The maximum absolute atomic E-state index is 12.2. The molecule has 0 saturated heterocycles. The summed E-state index contributed by atoms with van der Waals surface area (Å²) in [5.41, 5.74) is 6.01. The van der Waals surface area contributed by atoms with Gasteiger partial charge in [-0.25, -0.2) is 4.79 Å². The van der Waals surface area contributed by atoms with Crippen molar-refractivity contribution in [3.8, 4) is 11.5 Å². The molecule has 0 aliphatic carbocycles. The van der Waals surface area contributed by atoms with E-state index in [1.165, 1.54) is 27.6 Å². The van der Waals surface area contributed by atoms with Gasteiger partial charge in [-0.1, -0.05) is 18.2 Å². The van der Waals surface area contributed by atoms with Crippen LogP contribution in [0.1, 0.15) is 22.3 Å². The number of H-pyrrole nitrogens is 1. The number of benzene rings is 2. The molecule has 6 heteroatoms. The van der Waals surface area contributed by atoms with Crippen LogP contribution < -0.4 is 20.1 Å². The number of aromatic nitrogens is 1. The topological polar surface area (TPSA) is 75.4 Å². The monoisotopic (exact) mass is 391 g/mol. The van der Waals surface area contributed by atoms with E-state index >= 15 is 0 Å². The minimum atomic E-state index is -0.133. The molecule has 150 valence electrons.